The van der Waals surface area contributed by atoms with Crippen LogP contribution in [0.5, 0.6) is 0 Å². The van der Waals surface area contributed by atoms with Crippen LogP contribution in [-0.2, 0) is 32.6 Å². The number of halogens is 1. The van der Waals surface area contributed by atoms with Gasteiger partial charge in [0.1, 0.15) is 6.04 Å². The lowest BCUT2D eigenvalue weighted by molar-refractivity contribution is -0.141. The summed E-state index contributed by atoms with van der Waals surface area (Å²) in [4.78, 5) is 30.2. The van der Waals surface area contributed by atoms with Crippen LogP contribution >= 0.6 is 15.9 Å². The smallest absolute Gasteiger partial charge is 0.265 e. The molecule has 45 heavy (non-hydrogen) atoms. The number of benzene rings is 4. The molecule has 0 unspecified atom stereocenters. The normalized spacial score (nSPS) is 16.4. The second-order valence-electron chi connectivity index (χ2n) is 12.0. The number of amides is 2. The van der Waals surface area contributed by atoms with Crippen LogP contribution in [0.15, 0.2) is 100 Å². The van der Waals surface area contributed by atoms with Crippen molar-refractivity contribution in [3.05, 3.63) is 107 Å². The quantitative estimate of drug-likeness (QED) is 0.184. The highest BCUT2D eigenvalue weighted by Gasteiger charge is 2.36. The SMILES string of the molecule is O=C(NC1CCCCC1)[C@H](Cc1ccccc1)N(Cc1ccc(Br)cc1)C(=O)CCCN1c2cccc3cccc(c23)S1(=O)=O. The molecule has 1 heterocycles. The predicted octanol–water partition coefficient (Wildman–Crippen LogP) is 6.98. The molecule has 2 aliphatic rings. The van der Waals surface area contributed by atoms with Crippen LogP contribution < -0.4 is 9.62 Å². The molecule has 2 amide bonds. The summed E-state index contributed by atoms with van der Waals surface area (Å²) in [6.07, 6.45) is 6.08. The van der Waals surface area contributed by atoms with Crippen LogP contribution in [0, 0.1) is 0 Å². The van der Waals surface area contributed by atoms with Crippen molar-refractivity contribution in [1.82, 2.24) is 10.2 Å². The first kappa shape index (κ1) is 31.3. The number of nitrogens with one attached hydrogen (secondary N) is 1. The van der Waals surface area contributed by atoms with Crippen molar-refractivity contribution in [2.75, 3.05) is 10.8 Å². The molecule has 0 spiro atoms. The molecule has 1 atom stereocenters. The average Bonchev–Trinajstić information content (AvgIpc) is 3.27. The van der Waals surface area contributed by atoms with E-state index in [0.717, 1.165) is 52.1 Å². The van der Waals surface area contributed by atoms with Gasteiger partial charge >= 0.3 is 0 Å². The first-order valence-corrected chi connectivity index (χ1v) is 18.0. The minimum atomic E-state index is -3.72. The fraction of sp³-hybridized carbons (Fsp3) is 0.333. The van der Waals surface area contributed by atoms with E-state index in [1.165, 1.54) is 10.7 Å². The van der Waals surface area contributed by atoms with Crippen molar-refractivity contribution >= 4 is 54.2 Å². The van der Waals surface area contributed by atoms with Gasteiger partial charge in [-0.25, -0.2) is 8.42 Å². The third-order valence-electron chi connectivity index (χ3n) is 8.92. The Bertz CT molecular complexity index is 1770. The van der Waals surface area contributed by atoms with E-state index in [4.69, 9.17) is 0 Å². The number of sulfonamides is 1. The fourth-order valence-corrected chi connectivity index (χ4v) is 8.61. The average molecular weight is 689 g/mol. The lowest BCUT2D eigenvalue weighted by atomic mass is 9.94. The maximum Gasteiger partial charge on any atom is 0.265 e. The summed E-state index contributed by atoms with van der Waals surface area (Å²) >= 11 is 3.49. The van der Waals surface area contributed by atoms with Crippen LogP contribution in [0.4, 0.5) is 5.69 Å². The lowest BCUT2D eigenvalue weighted by Crippen LogP contribution is -2.52. The van der Waals surface area contributed by atoms with Crippen molar-refractivity contribution in [2.24, 2.45) is 0 Å². The third-order valence-corrected chi connectivity index (χ3v) is 11.3. The van der Waals surface area contributed by atoms with Gasteiger partial charge in [0, 0.05) is 41.8 Å². The van der Waals surface area contributed by atoms with Gasteiger partial charge in [0.25, 0.3) is 10.0 Å². The van der Waals surface area contributed by atoms with Gasteiger partial charge in [0.2, 0.25) is 11.8 Å². The molecule has 7 nitrogen and oxygen atoms in total. The number of nitrogens with zero attached hydrogens (tertiary/aromatic N) is 2. The van der Waals surface area contributed by atoms with E-state index >= 15 is 0 Å². The number of anilines is 1. The Labute approximate surface area is 273 Å². The fourth-order valence-electron chi connectivity index (χ4n) is 6.60. The summed E-state index contributed by atoms with van der Waals surface area (Å²) in [5.74, 6) is -0.314. The lowest BCUT2D eigenvalue weighted by Gasteiger charge is -2.33. The highest BCUT2D eigenvalue weighted by Crippen LogP contribution is 2.42. The zero-order valence-corrected chi connectivity index (χ0v) is 27.6. The number of carbonyl (C=O) groups excluding carboxylic acids is 2. The Kier molecular flexibility index (Phi) is 9.56. The minimum Gasteiger partial charge on any atom is -0.352 e. The van der Waals surface area contributed by atoms with Crippen molar-refractivity contribution in [2.45, 2.75) is 74.9 Å². The topological polar surface area (TPSA) is 86.8 Å². The van der Waals surface area contributed by atoms with Gasteiger partial charge in [0.15, 0.2) is 0 Å². The molecule has 4 aromatic rings. The van der Waals surface area contributed by atoms with Gasteiger partial charge in [0.05, 0.1) is 10.6 Å². The van der Waals surface area contributed by atoms with E-state index in [2.05, 4.69) is 21.2 Å². The van der Waals surface area contributed by atoms with E-state index in [1.54, 1.807) is 17.0 Å². The summed E-state index contributed by atoms with van der Waals surface area (Å²) in [6.45, 7) is 0.445. The highest BCUT2D eigenvalue weighted by molar-refractivity contribution is 9.10. The molecule has 1 aliphatic heterocycles. The summed E-state index contributed by atoms with van der Waals surface area (Å²) in [5, 5.41) is 4.88. The Morgan fingerprint density at radius 3 is 2.31 bits per heavy atom. The molecule has 0 radical (unpaired) electrons. The molecule has 0 bridgehead atoms. The number of rotatable bonds is 11. The summed E-state index contributed by atoms with van der Waals surface area (Å²) in [7, 11) is -3.72. The van der Waals surface area contributed by atoms with E-state index in [-0.39, 0.29) is 37.4 Å². The summed E-state index contributed by atoms with van der Waals surface area (Å²) in [5.41, 5.74) is 2.54. The Morgan fingerprint density at radius 2 is 1.58 bits per heavy atom. The number of hydrogen-bond acceptors (Lipinski definition) is 4. The van der Waals surface area contributed by atoms with Gasteiger partial charge in [-0.15, -0.1) is 0 Å². The van der Waals surface area contributed by atoms with Gasteiger partial charge in [-0.1, -0.05) is 102 Å². The van der Waals surface area contributed by atoms with Crippen molar-refractivity contribution in [1.29, 1.82) is 0 Å². The van der Waals surface area contributed by atoms with Gasteiger partial charge in [-0.05, 0) is 60.0 Å². The Morgan fingerprint density at radius 1 is 0.867 bits per heavy atom. The first-order valence-electron chi connectivity index (χ1n) is 15.7. The van der Waals surface area contributed by atoms with E-state index in [9.17, 15) is 18.0 Å². The third kappa shape index (κ3) is 6.94. The maximum atomic E-state index is 14.2. The monoisotopic (exact) mass is 687 g/mol. The van der Waals surface area contributed by atoms with Crippen molar-refractivity contribution < 1.29 is 18.0 Å². The largest absolute Gasteiger partial charge is 0.352 e. The molecule has 1 saturated carbocycles. The second-order valence-corrected chi connectivity index (χ2v) is 14.8. The molecular formula is C36H38BrN3O4S. The van der Waals surface area contributed by atoms with E-state index < -0.39 is 16.1 Å². The van der Waals surface area contributed by atoms with Crippen LogP contribution in [0.1, 0.15) is 56.1 Å². The van der Waals surface area contributed by atoms with Crippen molar-refractivity contribution in [3.8, 4) is 0 Å². The zero-order chi connectivity index (χ0) is 31.4. The predicted molar refractivity (Wildman–Crippen MR) is 181 cm³/mol. The van der Waals surface area contributed by atoms with E-state index in [1.807, 2.05) is 78.9 Å². The molecule has 6 rings (SSSR count). The standard InChI is InChI=1S/C36H38BrN3O4S/c37-29-21-19-27(20-22-29)25-39(32(24-26-10-3-1-4-11-26)36(42)38-30-14-5-2-6-15-30)34(41)18-9-23-40-31-16-7-12-28-13-8-17-33(35(28)31)45(40,43)44/h1,3-4,7-8,10-13,16-17,19-22,30,32H,2,5-6,9,14-15,18,23-25H2,(H,38,42)/t32-/m0/s1. The van der Waals surface area contributed by atoms with Gasteiger partial charge in [-0.3, -0.25) is 13.9 Å². The molecule has 1 N–H and O–H groups in total. The van der Waals surface area contributed by atoms with Crippen LogP contribution in [0.3, 0.4) is 0 Å². The maximum absolute atomic E-state index is 14.2. The van der Waals surface area contributed by atoms with Crippen molar-refractivity contribution in [3.63, 3.8) is 0 Å². The zero-order valence-electron chi connectivity index (χ0n) is 25.2. The molecule has 234 valence electrons. The molecule has 0 saturated heterocycles. The Balaban J connectivity index is 1.25. The van der Waals surface area contributed by atoms with Gasteiger partial charge in [-0.2, -0.15) is 0 Å². The molecule has 1 aliphatic carbocycles. The summed E-state index contributed by atoms with van der Waals surface area (Å²) in [6, 6.07) is 27.9. The summed E-state index contributed by atoms with van der Waals surface area (Å²) < 4.78 is 29.4. The Hall–Kier alpha value is -3.69. The second kappa shape index (κ2) is 13.7. The molecule has 0 aromatic heterocycles. The van der Waals surface area contributed by atoms with Crippen LogP contribution in [-0.4, -0.2) is 43.8 Å². The number of hydrogen-bond donors (Lipinski definition) is 1. The number of carbonyl (C=O) groups is 2. The molecule has 4 aromatic carbocycles. The van der Waals surface area contributed by atoms with Crippen LogP contribution in [0.25, 0.3) is 10.8 Å². The van der Waals surface area contributed by atoms with E-state index in [0.29, 0.717) is 23.4 Å². The van der Waals surface area contributed by atoms with Crippen LogP contribution in [0.2, 0.25) is 0 Å². The molecule has 9 heteroatoms. The van der Waals surface area contributed by atoms with Gasteiger partial charge < -0.3 is 10.2 Å². The first-order chi connectivity index (χ1) is 21.8. The highest BCUT2D eigenvalue weighted by atomic mass is 79.9. The minimum absolute atomic E-state index is 0.108. The molecule has 1 fully saturated rings. The molecular weight excluding hydrogens is 650 g/mol.